The van der Waals surface area contributed by atoms with Crippen LogP contribution in [-0.2, 0) is 0 Å². The molecular formula is C58H41N. The highest BCUT2D eigenvalue weighted by atomic mass is 15.1. The molecule has 0 saturated heterocycles. The number of benzene rings is 10. The van der Waals surface area contributed by atoms with Gasteiger partial charge in [0.05, 0.1) is 5.69 Å². The van der Waals surface area contributed by atoms with Gasteiger partial charge in [-0.15, -0.1) is 0 Å². The first-order valence-corrected chi connectivity index (χ1v) is 20.3. The van der Waals surface area contributed by atoms with Crippen LogP contribution in [0, 0.1) is 0 Å². The summed E-state index contributed by atoms with van der Waals surface area (Å²) in [6.45, 7) is 0. The van der Waals surface area contributed by atoms with Crippen LogP contribution >= 0.6 is 0 Å². The van der Waals surface area contributed by atoms with Crippen molar-refractivity contribution in [2.24, 2.45) is 0 Å². The first kappa shape index (κ1) is 35.7. The van der Waals surface area contributed by atoms with Crippen molar-refractivity contribution in [1.82, 2.24) is 0 Å². The van der Waals surface area contributed by atoms with Crippen molar-refractivity contribution in [3.63, 3.8) is 0 Å². The Labute approximate surface area is 346 Å². The van der Waals surface area contributed by atoms with Crippen LogP contribution in [0.5, 0.6) is 0 Å². The van der Waals surface area contributed by atoms with Crippen molar-refractivity contribution in [2.75, 3.05) is 4.90 Å². The molecule has 0 aliphatic rings. The first-order chi connectivity index (χ1) is 29.3. The van der Waals surface area contributed by atoms with E-state index < -0.39 is 0 Å². The fourth-order valence-electron chi connectivity index (χ4n) is 8.51. The molecule has 10 aromatic rings. The molecule has 10 aromatic carbocycles. The normalized spacial score (nSPS) is 11.1. The molecule has 0 N–H and O–H groups in total. The predicted octanol–water partition coefficient (Wildman–Crippen LogP) is 16.3. The molecule has 0 spiro atoms. The third kappa shape index (κ3) is 7.01. The minimum Gasteiger partial charge on any atom is -0.310 e. The van der Waals surface area contributed by atoms with Gasteiger partial charge >= 0.3 is 0 Å². The highest BCUT2D eigenvalue weighted by Gasteiger charge is 2.21. The zero-order valence-corrected chi connectivity index (χ0v) is 32.6. The smallest absolute Gasteiger partial charge is 0.0540 e. The molecule has 0 unspecified atom stereocenters. The second-order valence-corrected chi connectivity index (χ2v) is 14.8. The zero-order valence-electron chi connectivity index (χ0n) is 32.6. The van der Waals surface area contributed by atoms with E-state index in [1.807, 2.05) is 0 Å². The van der Waals surface area contributed by atoms with E-state index in [1.165, 1.54) is 72.0 Å². The number of hydrogen-bond acceptors (Lipinski definition) is 1. The first-order valence-electron chi connectivity index (χ1n) is 20.3. The van der Waals surface area contributed by atoms with Crippen LogP contribution in [0.3, 0.4) is 0 Å². The van der Waals surface area contributed by atoms with Crippen molar-refractivity contribution in [3.05, 3.63) is 249 Å². The molecular weight excluding hydrogens is 711 g/mol. The summed E-state index contributed by atoms with van der Waals surface area (Å²) < 4.78 is 0. The van der Waals surface area contributed by atoms with E-state index in [1.54, 1.807) is 0 Å². The van der Waals surface area contributed by atoms with Crippen LogP contribution in [0.1, 0.15) is 0 Å². The minimum absolute atomic E-state index is 1.09. The molecule has 0 aromatic heterocycles. The van der Waals surface area contributed by atoms with Gasteiger partial charge in [0.15, 0.2) is 0 Å². The average Bonchev–Trinajstić information content (AvgIpc) is 3.33. The highest BCUT2D eigenvalue weighted by Crippen LogP contribution is 2.47. The number of hydrogen-bond donors (Lipinski definition) is 0. The lowest BCUT2D eigenvalue weighted by molar-refractivity contribution is 1.28. The molecule has 0 aliphatic carbocycles. The van der Waals surface area contributed by atoms with Gasteiger partial charge in [-0.05, 0) is 102 Å². The van der Waals surface area contributed by atoms with Crippen LogP contribution in [-0.4, -0.2) is 0 Å². The SMILES string of the molecule is c1ccc(-c2ccc(N(c3ccc(-c4ccccc4)cc3)c3ccccc3-c3ccccc3-c3ccccc3-c3ccccc3-c3cccc4ccccc34)cc2)cc1. The Balaban J connectivity index is 1.13. The molecule has 0 fully saturated rings. The van der Waals surface area contributed by atoms with Gasteiger partial charge < -0.3 is 4.90 Å². The lowest BCUT2D eigenvalue weighted by atomic mass is 9.85. The number of anilines is 3. The fraction of sp³-hybridized carbons (Fsp3) is 0. The molecule has 10 rings (SSSR count). The quantitative estimate of drug-likeness (QED) is 0.142. The summed E-state index contributed by atoms with van der Waals surface area (Å²) in [7, 11) is 0. The van der Waals surface area contributed by atoms with Crippen molar-refractivity contribution >= 4 is 27.8 Å². The Bertz CT molecular complexity index is 2930. The van der Waals surface area contributed by atoms with E-state index in [-0.39, 0.29) is 0 Å². The molecule has 0 aliphatic heterocycles. The molecule has 0 radical (unpaired) electrons. The van der Waals surface area contributed by atoms with Gasteiger partial charge in [-0.3, -0.25) is 0 Å². The Kier molecular flexibility index (Phi) is 9.68. The summed E-state index contributed by atoms with van der Waals surface area (Å²) in [4.78, 5) is 2.40. The van der Waals surface area contributed by atoms with Gasteiger partial charge in [0.25, 0.3) is 0 Å². The monoisotopic (exact) mass is 751 g/mol. The second-order valence-electron chi connectivity index (χ2n) is 14.8. The van der Waals surface area contributed by atoms with Gasteiger partial charge in [0.1, 0.15) is 0 Å². The molecule has 0 heterocycles. The Hall–Kier alpha value is -7.74. The summed E-state index contributed by atoms with van der Waals surface area (Å²) in [6, 6.07) is 89.8. The van der Waals surface area contributed by atoms with E-state index >= 15 is 0 Å². The number of para-hydroxylation sites is 1. The maximum atomic E-state index is 2.40. The van der Waals surface area contributed by atoms with Crippen LogP contribution < -0.4 is 4.90 Å². The molecule has 278 valence electrons. The van der Waals surface area contributed by atoms with Gasteiger partial charge in [0, 0.05) is 16.9 Å². The Morgan fingerprint density at radius 1 is 0.203 bits per heavy atom. The molecule has 0 amide bonds. The molecule has 1 heteroatoms. The zero-order chi connectivity index (χ0) is 39.4. The maximum absolute atomic E-state index is 2.40. The standard InChI is InChI=1S/C58H41N/c1-3-18-42(19-4-1)44-34-38-47(39-35-44)59(48-40-36-45(37-41-48)43-20-5-2-6-21-43)58-33-16-15-31-57(58)56-30-14-13-29-55(56)54-28-12-11-27-53(54)52-26-10-9-25-51(52)50-32-17-23-46-22-7-8-24-49(46)50/h1-41H. The minimum atomic E-state index is 1.09. The summed E-state index contributed by atoms with van der Waals surface area (Å²) in [5.41, 5.74) is 17.6. The van der Waals surface area contributed by atoms with Gasteiger partial charge in [-0.1, -0.05) is 218 Å². The summed E-state index contributed by atoms with van der Waals surface area (Å²) >= 11 is 0. The highest BCUT2D eigenvalue weighted by molar-refractivity contribution is 6.03. The van der Waals surface area contributed by atoms with Crippen LogP contribution in [0.2, 0.25) is 0 Å². The number of rotatable bonds is 9. The third-order valence-electron chi connectivity index (χ3n) is 11.3. The summed E-state index contributed by atoms with van der Waals surface area (Å²) in [6.07, 6.45) is 0. The topological polar surface area (TPSA) is 3.24 Å². The van der Waals surface area contributed by atoms with Crippen molar-refractivity contribution in [2.45, 2.75) is 0 Å². The molecule has 0 atom stereocenters. The van der Waals surface area contributed by atoms with Crippen LogP contribution in [0.25, 0.3) is 77.5 Å². The van der Waals surface area contributed by atoms with E-state index in [0.717, 1.165) is 22.6 Å². The van der Waals surface area contributed by atoms with Crippen LogP contribution in [0.4, 0.5) is 17.1 Å². The molecule has 0 bridgehead atoms. The van der Waals surface area contributed by atoms with Crippen LogP contribution in [0.15, 0.2) is 249 Å². The molecule has 1 nitrogen and oxygen atoms in total. The average molecular weight is 752 g/mol. The number of nitrogens with zero attached hydrogens (tertiary/aromatic N) is 1. The summed E-state index contributed by atoms with van der Waals surface area (Å²) in [5, 5.41) is 2.49. The van der Waals surface area contributed by atoms with Gasteiger partial charge in [-0.2, -0.15) is 0 Å². The lowest BCUT2D eigenvalue weighted by Crippen LogP contribution is -2.11. The maximum Gasteiger partial charge on any atom is 0.0540 e. The predicted molar refractivity (Wildman–Crippen MR) is 251 cm³/mol. The second kappa shape index (κ2) is 16.0. The fourth-order valence-corrected chi connectivity index (χ4v) is 8.51. The molecule has 0 saturated carbocycles. The van der Waals surface area contributed by atoms with E-state index in [4.69, 9.17) is 0 Å². The largest absolute Gasteiger partial charge is 0.310 e. The van der Waals surface area contributed by atoms with E-state index in [0.29, 0.717) is 0 Å². The van der Waals surface area contributed by atoms with E-state index in [2.05, 4.69) is 254 Å². The van der Waals surface area contributed by atoms with Crippen molar-refractivity contribution in [1.29, 1.82) is 0 Å². The molecule has 59 heavy (non-hydrogen) atoms. The van der Waals surface area contributed by atoms with E-state index in [9.17, 15) is 0 Å². The van der Waals surface area contributed by atoms with Gasteiger partial charge in [-0.25, -0.2) is 0 Å². The Morgan fingerprint density at radius 3 is 1.02 bits per heavy atom. The lowest BCUT2D eigenvalue weighted by Gasteiger charge is -2.29. The third-order valence-corrected chi connectivity index (χ3v) is 11.3. The Morgan fingerprint density at radius 2 is 0.525 bits per heavy atom. The number of fused-ring (bicyclic) bond motifs is 1. The van der Waals surface area contributed by atoms with Crippen molar-refractivity contribution < 1.29 is 0 Å². The van der Waals surface area contributed by atoms with Gasteiger partial charge in [0.2, 0.25) is 0 Å². The summed E-state index contributed by atoms with van der Waals surface area (Å²) in [5.74, 6) is 0. The van der Waals surface area contributed by atoms with Crippen molar-refractivity contribution in [3.8, 4) is 66.8 Å².